The lowest BCUT2D eigenvalue weighted by Gasteiger charge is -2.11. The first kappa shape index (κ1) is 10.8. The minimum atomic E-state index is 1.27. The van der Waals surface area contributed by atoms with E-state index < -0.39 is 0 Å². The Balaban J connectivity index is 1.80. The van der Waals surface area contributed by atoms with Crippen molar-refractivity contribution in [2.24, 2.45) is 0 Å². The van der Waals surface area contributed by atoms with Gasteiger partial charge in [0.2, 0.25) is 0 Å². The summed E-state index contributed by atoms with van der Waals surface area (Å²) in [7, 11) is 0. The van der Waals surface area contributed by atoms with E-state index in [9.17, 15) is 0 Å². The summed E-state index contributed by atoms with van der Waals surface area (Å²) in [5, 5.41) is 0. The molecule has 0 aromatic rings. The molecule has 4 aliphatic rings. The second-order valence-corrected chi connectivity index (χ2v) is 6.49. The minimum absolute atomic E-state index is 1.27. The lowest BCUT2D eigenvalue weighted by molar-refractivity contribution is 0.892. The van der Waals surface area contributed by atoms with E-state index in [-0.39, 0.29) is 0 Å². The van der Waals surface area contributed by atoms with E-state index in [0.717, 1.165) is 0 Å². The summed E-state index contributed by atoms with van der Waals surface area (Å²) in [6.45, 7) is 4.73. The normalized spacial score (nSPS) is 27.0. The molecule has 0 saturated heterocycles. The molecule has 0 spiro atoms. The van der Waals surface area contributed by atoms with Gasteiger partial charge >= 0.3 is 0 Å². The maximum atomic E-state index is 2.36. The minimum Gasteiger partial charge on any atom is -0.0654 e. The van der Waals surface area contributed by atoms with Crippen molar-refractivity contribution in [1.82, 2.24) is 0 Å². The highest BCUT2D eigenvalue weighted by Crippen LogP contribution is 2.52. The van der Waals surface area contributed by atoms with Crippen LogP contribution >= 0.6 is 0 Å². The molecule has 0 aromatic carbocycles. The number of fused-ring (bicyclic) bond motifs is 2. The Hall–Kier alpha value is -1.04. The van der Waals surface area contributed by atoms with Gasteiger partial charge in [-0.15, -0.1) is 0 Å². The molecular weight excluding hydrogens is 216 g/mol. The van der Waals surface area contributed by atoms with Crippen molar-refractivity contribution >= 4 is 0 Å². The van der Waals surface area contributed by atoms with Crippen LogP contribution < -0.4 is 0 Å². The van der Waals surface area contributed by atoms with Gasteiger partial charge in [0.05, 0.1) is 0 Å². The van der Waals surface area contributed by atoms with Gasteiger partial charge in [-0.05, 0) is 98.7 Å². The van der Waals surface area contributed by atoms with Crippen LogP contribution in [-0.4, -0.2) is 0 Å². The number of hydrogen-bond donors (Lipinski definition) is 0. The molecule has 18 heavy (non-hydrogen) atoms. The lowest BCUT2D eigenvalue weighted by atomic mass is 9.94. The van der Waals surface area contributed by atoms with E-state index in [2.05, 4.69) is 13.8 Å². The molecule has 0 bridgehead atoms. The van der Waals surface area contributed by atoms with Crippen LogP contribution in [0.5, 0.6) is 0 Å². The molecular formula is C18H22. The van der Waals surface area contributed by atoms with Crippen LogP contribution in [0.2, 0.25) is 0 Å². The SMILES string of the molecule is CC1=C2CCCC2=C(C2=C3CCCC3=C(C)C2)C1. The third kappa shape index (κ3) is 1.32. The Labute approximate surface area is 110 Å². The van der Waals surface area contributed by atoms with Gasteiger partial charge in [-0.25, -0.2) is 0 Å². The monoisotopic (exact) mass is 238 g/mol. The maximum Gasteiger partial charge on any atom is -0.00582 e. The highest BCUT2D eigenvalue weighted by Gasteiger charge is 2.33. The smallest absolute Gasteiger partial charge is 0.00582 e. The molecule has 0 N–H and O–H groups in total. The van der Waals surface area contributed by atoms with Crippen molar-refractivity contribution in [2.45, 2.75) is 65.2 Å². The molecule has 0 atom stereocenters. The summed E-state index contributed by atoms with van der Waals surface area (Å²) in [5.74, 6) is 0. The quantitative estimate of drug-likeness (QED) is 0.574. The topological polar surface area (TPSA) is 0 Å². The first-order valence-corrected chi connectivity index (χ1v) is 7.58. The fourth-order valence-electron chi connectivity index (χ4n) is 4.63. The van der Waals surface area contributed by atoms with Crippen LogP contribution in [0.15, 0.2) is 44.6 Å². The second kappa shape index (κ2) is 3.73. The van der Waals surface area contributed by atoms with E-state index >= 15 is 0 Å². The summed E-state index contributed by atoms with van der Waals surface area (Å²) in [5.41, 5.74) is 13.9. The van der Waals surface area contributed by atoms with Crippen molar-refractivity contribution in [2.75, 3.05) is 0 Å². The fraction of sp³-hybridized carbons (Fsp3) is 0.556. The molecule has 0 aliphatic heterocycles. The standard InChI is InChI=1S/C18H22/c1-11-9-17(15-7-3-5-13(11)15)18-10-12(2)14-6-4-8-16(14)18/h3-10H2,1-2H3. The van der Waals surface area contributed by atoms with Gasteiger partial charge in [0, 0.05) is 0 Å². The number of hydrogen-bond acceptors (Lipinski definition) is 0. The average Bonchev–Trinajstić information content (AvgIpc) is 3.06. The van der Waals surface area contributed by atoms with Crippen molar-refractivity contribution in [3.63, 3.8) is 0 Å². The van der Waals surface area contributed by atoms with Crippen LogP contribution in [0.1, 0.15) is 65.2 Å². The Bertz CT molecular complexity index is 509. The fourth-order valence-corrected chi connectivity index (χ4v) is 4.63. The molecule has 2 fully saturated rings. The zero-order chi connectivity index (χ0) is 12.3. The molecule has 94 valence electrons. The van der Waals surface area contributed by atoms with Crippen molar-refractivity contribution in [3.05, 3.63) is 44.6 Å². The van der Waals surface area contributed by atoms with E-state index in [1.807, 2.05) is 0 Å². The molecule has 0 heteroatoms. The molecule has 0 radical (unpaired) electrons. The van der Waals surface area contributed by atoms with E-state index in [1.165, 1.54) is 51.4 Å². The molecule has 0 aromatic heterocycles. The molecule has 0 heterocycles. The van der Waals surface area contributed by atoms with E-state index in [0.29, 0.717) is 0 Å². The van der Waals surface area contributed by atoms with E-state index in [1.54, 1.807) is 44.6 Å². The third-order valence-electron chi connectivity index (χ3n) is 5.44. The number of rotatable bonds is 1. The van der Waals surface area contributed by atoms with Crippen LogP contribution in [0.4, 0.5) is 0 Å². The van der Waals surface area contributed by atoms with Crippen molar-refractivity contribution < 1.29 is 0 Å². The highest BCUT2D eigenvalue weighted by atomic mass is 14.4. The Kier molecular flexibility index (Phi) is 2.24. The Morgan fingerprint density at radius 1 is 0.500 bits per heavy atom. The molecule has 0 amide bonds. The summed E-state index contributed by atoms with van der Waals surface area (Å²) in [6, 6.07) is 0. The van der Waals surface area contributed by atoms with Gasteiger partial charge in [-0.1, -0.05) is 11.1 Å². The van der Waals surface area contributed by atoms with Gasteiger partial charge in [0.1, 0.15) is 0 Å². The Morgan fingerprint density at radius 3 is 1.33 bits per heavy atom. The third-order valence-corrected chi connectivity index (χ3v) is 5.44. The maximum absolute atomic E-state index is 2.36. The predicted molar refractivity (Wildman–Crippen MR) is 76.4 cm³/mol. The summed E-state index contributed by atoms with van der Waals surface area (Å²) in [6.07, 6.45) is 10.7. The van der Waals surface area contributed by atoms with Gasteiger partial charge in [-0.3, -0.25) is 0 Å². The van der Waals surface area contributed by atoms with Crippen molar-refractivity contribution in [3.8, 4) is 0 Å². The van der Waals surface area contributed by atoms with Crippen LogP contribution in [0, 0.1) is 0 Å². The van der Waals surface area contributed by atoms with Gasteiger partial charge in [0.15, 0.2) is 0 Å². The van der Waals surface area contributed by atoms with Gasteiger partial charge < -0.3 is 0 Å². The summed E-state index contributed by atoms with van der Waals surface area (Å²) in [4.78, 5) is 0. The second-order valence-electron chi connectivity index (χ2n) is 6.49. The summed E-state index contributed by atoms with van der Waals surface area (Å²) < 4.78 is 0. The first-order valence-electron chi connectivity index (χ1n) is 7.58. The molecule has 4 rings (SSSR count). The lowest BCUT2D eigenvalue weighted by Crippen LogP contribution is -1.92. The van der Waals surface area contributed by atoms with Gasteiger partial charge in [-0.2, -0.15) is 0 Å². The number of allylic oxidation sites excluding steroid dienone is 8. The molecule has 2 saturated carbocycles. The van der Waals surface area contributed by atoms with Crippen molar-refractivity contribution in [1.29, 1.82) is 0 Å². The van der Waals surface area contributed by atoms with Crippen LogP contribution in [-0.2, 0) is 0 Å². The molecule has 4 aliphatic carbocycles. The van der Waals surface area contributed by atoms with E-state index in [4.69, 9.17) is 0 Å². The van der Waals surface area contributed by atoms with Crippen LogP contribution in [0.25, 0.3) is 0 Å². The van der Waals surface area contributed by atoms with Gasteiger partial charge in [0.25, 0.3) is 0 Å². The molecule has 0 unspecified atom stereocenters. The predicted octanol–water partition coefficient (Wildman–Crippen LogP) is 5.39. The first-order chi connectivity index (χ1) is 8.75. The van der Waals surface area contributed by atoms with Crippen LogP contribution in [0.3, 0.4) is 0 Å². The largest absolute Gasteiger partial charge is 0.0654 e. The summed E-state index contributed by atoms with van der Waals surface area (Å²) >= 11 is 0. The average molecular weight is 238 g/mol. The highest BCUT2D eigenvalue weighted by molar-refractivity contribution is 5.63. The molecule has 0 nitrogen and oxygen atoms in total. The zero-order valence-electron chi connectivity index (χ0n) is 11.7. The Morgan fingerprint density at radius 2 is 0.889 bits per heavy atom. The zero-order valence-corrected chi connectivity index (χ0v) is 11.7.